The number of thiophene rings is 1. The van der Waals surface area contributed by atoms with Gasteiger partial charge in [-0.05, 0) is 54.4 Å². The van der Waals surface area contributed by atoms with E-state index in [1.54, 1.807) is 10.1 Å². The molecule has 23 heavy (non-hydrogen) atoms. The van der Waals surface area contributed by atoms with Gasteiger partial charge in [0.25, 0.3) is 0 Å². The molecule has 4 atom stereocenters. The van der Waals surface area contributed by atoms with Crippen molar-refractivity contribution in [3.63, 3.8) is 0 Å². The Bertz CT molecular complexity index is 687. The largest absolute Gasteiger partial charge is 0.135 e. The standard InChI is InChI=1S/C20H28P2S/c1-13-9-21(10-14(13)2)19-17-7-5-6-8-18(17)23-20(19)22-11-15(3)16(4)12-22/h5-8,13-16H,9-12H2,1-4H3. The third-order valence-corrected chi connectivity index (χ3v) is 14.4. The van der Waals surface area contributed by atoms with Gasteiger partial charge in [-0.3, -0.25) is 0 Å². The van der Waals surface area contributed by atoms with E-state index in [-0.39, 0.29) is 15.8 Å². The second-order valence-electron chi connectivity index (χ2n) is 7.97. The molecule has 0 saturated carbocycles. The second-order valence-corrected chi connectivity index (χ2v) is 13.8. The van der Waals surface area contributed by atoms with E-state index in [2.05, 4.69) is 63.3 Å². The van der Waals surface area contributed by atoms with Crippen LogP contribution in [0.4, 0.5) is 0 Å². The maximum absolute atomic E-state index is 2.48. The summed E-state index contributed by atoms with van der Waals surface area (Å²) in [5, 5.41) is 3.47. The molecule has 0 N–H and O–H groups in total. The van der Waals surface area contributed by atoms with Gasteiger partial charge in [-0.25, -0.2) is 0 Å². The van der Waals surface area contributed by atoms with Crippen molar-refractivity contribution in [1.29, 1.82) is 0 Å². The predicted molar refractivity (Wildman–Crippen MR) is 111 cm³/mol. The summed E-state index contributed by atoms with van der Waals surface area (Å²) in [7, 11) is 0.183. The minimum atomic E-state index is 0.0795. The molecule has 3 heteroatoms. The summed E-state index contributed by atoms with van der Waals surface area (Å²) in [4.78, 5) is 0. The van der Waals surface area contributed by atoms with Crippen LogP contribution in [0.3, 0.4) is 0 Å². The van der Waals surface area contributed by atoms with Crippen molar-refractivity contribution in [2.75, 3.05) is 24.6 Å². The Hall–Kier alpha value is 0.0400. The third kappa shape index (κ3) is 2.92. The summed E-state index contributed by atoms with van der Waals surface area (Å²) in [5.41, 5.74) is 0. The SMILES string of the molecule is CC1CP(c2sc3ccccc3c2P2CC(C)C(C)C2)CC1C. The van der Waals surface area contributed by atoms with Crippen molar-refractivity contribution < 1.29 is 0 Å². The Labute approximate surface area is 147 Å². The van der Waals surface area contributed by atoms with Gasteiger partial charge in [0.05, 0.1) is 0 Å². The molecule has 2 aliphatic rings. The highest BCUT2D eigenvalue weighted by Crippen LogP contribution is 2.55. The zero-order valence-electron chi connectivity index (χ0n) is 14.7. The van der Waals surface area contributed by atoms with Crippen LogP contribution in [0.2, 0.25) is 0 Å². The Morgan fingerprint density at radius 1 is 0.783 bits per heavy atom. The van der Waals surface area contributed by atoms with Gasteiger partial charge in [0, 0.05) is 20.0 Å². The highest BCUT2D eigenvalue weighted by Gasteiger charge is 2.36. The van der Waals surface area contributed by atoms with E-state index in [1.807, 2.05) is 9.92 Å². The fourth-order valence-corrected chi connectivity index (χ4v) is 14.1. The number of fused-ring (bicyclic) bond motifs is 1. The Morgan fingerprint density at radius 2 is 1.30 bits per heavy atom. The van der Waals surface area contributed by atoms with Crippen molar-refractivity contribution in [3.8, 4) is 0 Å². The van der Waals surface area contributed by atoms with E-state index in [0.29, 0.717) is 0 Å². The Kier molecular flexibility index (Phi) is 4.59. The van der Waals surface area contributed by atoms with Crippen LogP contribution in [0.25, 0.3) is 10.1 Å². The van der Waals surface area contributed by atoms with Crippen molar-refractivity contribution in [2.45, 2.75) is 27.7 Å². The number of hydrogen-bond acceptors (Lipinski definition) is 1. The van der Waals surface area contributed by atoms with Crippen molar-refractivity contribution in [2.24, 2.45) is 23.7 Å². The maximum atomic E-state index is 2.48. The number of hydrogen-bond donors (Lipinski definition) is 0. The molecule has 2 saturated heterocycles. The zero-order chi connectivity index (χ0) is 16.1. The van der Waals surface area contributed by atoms with Crippen LogP contribution in [0, 0.1) is 23.7 Å². The topological polar surface area (TPSA) is 0 Å². The van der Waals surface area contributed by atoms with Crippen molar-refractivity contribution >= 4 is 47.2 Å². The molecule has 0 radical (unpaired) electrons. The molecule has 124 valence electrons. The molecule has 2 fully saturated rings. The molecular weight excluding hydrogens is 334 g/mol. The first kappa shape index (κ1) is 16.5. The van der Waals surface area contributed by atoms with Crippen LogP contribution in [0.5, 0.6) is 0 Å². The Balaban J connectivity index is 1.79. The first-order valence-electron chi connectivity index (χ1n) is 9.06. The minimum absolute atomic E-state index is 0.0795. The van der Waals surface area contributed by atoms with Crippen LogP contribution in [-0.4, -0.2) is 24.6 Å². The lowest BCUT2D eigenvalue weighted by Gasteiger charge is -2.17. The number of rotatable bonds is 2. The molecule has 1 aromatic carbocycles. The van der Waals surface area contributed by atoms with E-state index < -0.39 is 0 Å². The van der Waals surface area contributed by atoms with Gasteiger partial charge < -0.3 is 0 Å². The van der Waals surface area contributed by atoms with E-state index in [0.717, 1.165) is 23.7 Å². The molecule has 4 unspecified atom stereocenters. The first-order valence-corrected chi connectivity index (χ1v) is 13.3. The van der Waals surface area contributed by atoms with Gasteiger partial charge in [0.15, 0.2) is 0 Å². The lowest BCUT2D eigenvalue weighted by Crippen LogP contribution is -2.19. The summed E-state index contributed by atoms with van der Waals surface area (Å²) in [5.74, 6) is 3.69. The normalized spacial score (nSPS) is 37.7. The molecule has 0 spiro atoms. The summed E-state index contributed by atoms with van der Waals surface area (Å²) in [6.45, 7) is 9.91. The Morgan fingerprint density at radius 3 is 1.91 bits per heavy atom. The van der Waals surface area contributed by atoms with Gasteiger partial charge in [-0.1, -0.05) is 61.7 Å². The zero-order valence-corrected chi connectivity index (χ0v) is 17.4. The number of benzene rings is 1. The van der Waals surface area contributed by atoms with Crippen LogP contribution >= 0.6 is 27.2 Å². The van der Waals surface area contributed by atoms with Crippen LogP contribution in [0.1, 0.15) is 27.7 Å². The molecule has 0 nitrogen and oxygen atoms in total. The fourth-order valence-electron chi connectivity index (χ4n) is 4.15. The van der Waals surface area contributed by atoms with Crippen LogP contribution < -0.4 is 9.92 Å². The van der Waals surface area contributed by atoms with Gasteiger partial charge in [-0.2, -0.15) is 0 Å². The molecule has 3 heterocycles. The first-order chi connectivity index (χ1) is 11.0. The maximum Gasteiger partial charge on any atom is 0.0367 e. The quantitative estimate of drug-likeness (QED) is 0.602. The molecular formula is C20H28P2S. The van der Waals surface area contributed by atoms with Crippen molar-refractivity contribution in [1.82, 2.24) is 0 Å². The highest BCUT2D eigenvalue weighted by molar-refractivity contribution is 7.78. The second kappa shape index (κ2) is 6.40. The molecule has 2 aromatic rings. The highest BCUT2D eigenvalue weighted by atomic mass is 32.1. The average Bonchev–Trinajstić information content (AvgIpc) is 3.16. The summed E-state index contributed by atoms with van der Waals surface area (Å²) in [6, 6.07) is 9.27. The summed E-state index contributed by atoms with van der Waals surface area (Å²) < 4.78 is 3.41. The minimum Gasteiger partial charge on any atom is -0.135 e. The van der Waals surface area contributed by atoms with E-state index in [1.165, 1.54) is 24.6 Å². The molecule has 0 bridgehead atoms. The van der Waals surface area contributed by atoms with Crippen LogP contribution in [0.15, 0.2) is 24.3 Å². The molecule has 2 aliphatic heterocycles. The smallest absolute Gasteiger partial charge is 0.0367 e. The molecule has 0 amide bonds. The van der Waals surface area contributed by atoms with E-state index in [9.17, 15) is 0 Å². The lowest BCUT2D eigenvalue weighted by molar-refractivity contribution is 0.494. The summed E-state index contributed by atoms with van der Waals surface area (Å²) in [6.07, 6.45) is 5.90. The van der Waals surface area contributed by atoms with Crippen LogP contribution in [-0.2, 0) is 0 Å². The van der Waals surface area contributed by atoms with Gasteiger partial charge in [0.1, 0.15) is 0 Å². The van der Waals surface area contributed by atoms with Crippen molar-refractivity contribution in [3.05, 3.63) is 24.3 Å². The van der Waals surface area contributed by atoms with E-state index >= 15 is 0 Å². The fraction of sp³-hybridized carbons (Fsp3) is 0.600. The van der Waals surface area contributed by atoms with Gasteiger partial charge >= 0.3 is 0 Å². The van der Waals surface area contributed by atoms with Gasteiger partial charge in [-0.15, -0.1) is 11.3 Å². The average molecular weight is 362 g/mol. The summed E-state index contributed by atoms with van der Waals surface area (Å²) >= 11 is 2.16. The predicted octanol–water partition coefficient (Wildman–Crippen LogP) is 5.69. The lowest BCUT2D eigenvalue weighted by atomic mass is 10.0. The monoisotopic (exact) mass is 362 g/mol. The molecule has 1 aromatic heterocycles. The van der Waals surface area contributed by atoms with E-state index in [4.69, 9.17) is 0 Å². The molecule has 4 rings (SSSR count). The van der Waals surface area contributed by atoms with Gasteiger partial charge in [0.2, 0.25) is 0 Å². The third-order valence-electron chi connectivity index (χ3n) is 6.13. The molecule has 0 aliphatic carbocycles.